The molecule has 0 fully saturated rings. The molecular formula is C22H26N4O2S. The molecule has 0 aliphatic heterocycles. The van der Waals surface area contributed by atoms with Gasteiger partial charge < -0.3 is 14.6 Å². The van der Waals surface area contributed by atoms with Crippen molar-refractivity contribution >= 4 is 23.4 Å². The molecule has 3 rings (SSSR count). The molecule has 29 heavy (non-hydrogen) atoms. The number of aryl methyl sites for hydroxylation is 1. The number of aromatic nitrogens is 3. The summed E-state index contributed by atoms with van der Waals surface area (Å²) in [7, 11) is 3.52. The van der Waals surface area contributed by atoms with E-state index in [2.05, 4.69) is 35.4 Å². The van der Waals surface area contributed by atoms with Crippen LogP contribution in [0.15, 0.2) is 47.6 Å². The summed E-state index contributed by atoms with van der Waals surface area (Å²) in [5.41, 5.74) is 3.97. The van der Waals surface area contributed by atoms with E-state index in [0.717, 1.165) is 28.1 Å². The van der Waals surface area contributed by atoms with Crippen molar-refractivity contribution in [3.05, 3.63) is 53.6 Å². The summed E-state index contributed by atoms with van der Waals surface area (Å²) in [5.74, 6) is 1.96. The maximum absolute atomic E-state index is 12.6. The van der Waals surface area contributed by atoms with E-state index in [0.29, 0.717) is 16.9 Å². The first-order chi connectivity index (χ1) is 13.9. The number of nitrogens with one attached hydrogen (secondary N) is 1. The van der Waals surface area contributed by atoms with Gasteiger partial charge in [-0.2, -0.15) is 0 Å². The number of hydrogen-bond donors (Lipinski definition) is 1. The first kappa shape index (κ1) is 20.9. The minimum atomic E-state index is -0.0620. The number of benzene rings is 2. The Hall–Kier alpha value is -2.80. The second kappa shape index (κ2) is 9.13. The van der Waals surface area contributed by atoms with Gasteiger partial charge in [-0.1, -0.05) is 55.9 Å². The van der Waals surface area contributed by atoms with Gasteiger partial charge in [0.2, 0.25) is 5.91 Å². The molecule has 0 bridgehead atoms. The van der Waals surface area contributed by atoms with Crippen molar-refractivity contribution in [3.63, 3.8) is 0 Å². The van der Waals surface area contributed by atoms with Crippen LogP contribution >= 0.6 is 11.8 Å². The Labute approximate surface area is 175 Å². The van der Waals surface area contributed by atoms with E-state index < -0.39 is 0 Å². The predicted octanol–water partition coefficient (Wildman–Crippen LogP) is 4.65. The van der Waals surface area contributed by atoms with Crippen molar-refractivity contribution in [1.29, 1.82) is 0 Å². The zero-order valence-corrected chi connectivity index (χ0v) is 18.2. The summed E-state index contributed by atoms with van der Waals surface area (Å²) >= 11 is 1.36. The molecule has 152 valence electrons. The number of para-hydroxylation sites is 2. The number of amides is 1. The number of nitrogens with zero attached hydrogens (tertiary/aromatic N) is 3. The van der Waals surface area contributed by atoms with Gasteiger partial charge in [0.25, 0.3) is 0 Å². The first-order valence-electron chi connectivity index (χ1n) is 9.47. The van der Waals surface area contributed by atoms with Crippen LogP contribution in [0, 0.1) is 6.92 Å². The van der Waals surface area contributed by atoms with E-state index in [4.69, 9.17) is 4.74 Å². The molecular weight excluding hydrogens is 384 g/mol. The second-order valence-corrected chi connectivity index (χ2v) is 8.04. The summed E-state index contributed by atoms with van der Waals surface area (Å²) in [6, 6.07) is 13.8. The molecule has 1 N–H and O–H groups in total. The van der Waals surface area contributed by atoms with Crippen molar-refractivity contribution in [3.8, 4) is 17.1 Å². The molecule has 0 saturated carbocycles. The molecule has 3 aromatic rings. The standard InChI is InChI=1S/C22H26N4O2S/c1-14(2)16-11-8-9-15(3)20(16)23-19(27)13-29-22-25-24-21(26(22)4)17-10-6-7-12-18(17)28-5/h6-12,14H,13H2,1-5H3,(H,23,27). The van der Waals surface area contributed by atoms with Crippen molar-refractivity contribution in [2.75, 3.05) is 18.2 Å². The number of carbonyl (C=O) groups excluding carboxylic acids is 1. The Balaban J connectivity index is 1.72. The van der Waals surface area contributed by atoms with Crippen molar-refractivity contribution in [1.82, 2.24) is 14.8 Å². The minimum Gasteiger partial charge on any atom is -0.496 e. The average molecular weight is 411 g/mol. The summed E-state index contributed by atoms with van der Waals surface area (Å²) in [5, 5.41) is 12.3. The number of thioether (sulfide) groups is 1. The van der Waals surface area contributed by atoms with E-state index in [1.54, 1.807) is 7.11 Å². The fraction of sp³-hybridized carbons (Fsp3) is 0.318. The van der Waals surface area contributed by atoms with Crippen LogP contribution in [-0.4, -0.2) is 33.5 Å². The molecule has 0 radical (unpaired) electrons. The van der Waals surface area contributed by atoms with Gasteiger partial charge >= 0.3 is 0 Å². The molecule has 0 atom stereocenters. The fourth-order valence-corrected chi connectivity index (χ4v) is 3.86. The average Bonchev–Trinajstić information content (AvgIpc) is 3.08. The van der Waals surface area contributed by atoms with Crippen LogP contribution in [0.2, 0.25) is 0 Å². The summed E-state index contributed by atoms with van der Waals surface area (Å²) < 4.78 is 7.30. The molecule has 2 aromatic carbocycles. The van der Waals surface area contributed by atoms with Crippen molar-refractivity contribution < 1.29 is 9.53 Å². The van der Waals surface area contributed by atoms with Gasteiger partial charge in [-0.25, -0.2) is 0 Å². The number of rotatable bonds is 7. The molecule has 0 aliphatic carbocycles. The zero-order chi connectivity index (χ0) is 21.0. The number of anilines is 1. The highest BCUT2D eigenvalue weighted by atomic mass is 32.2. The van der Waals surface area contributed by atoms with Crippen LogP contribution in [0.3, 0.4) is 0 Å². The molecule has 0 unspecified atom stereocenters. The first-order valence-corrected chi connectivity index (χ1v) is 10.5. The lowest BCUT2D eigenvalue weighted by molar-refractivity contribution is -0.113. The Morgan fingerprint density at radius 1 is 1.17 bits per heavy atom. The molecule has 7 heteroatoms. The van der Waals surface area contributed by atoms with Gasteiger partial charge in [0.05, 0.1) is 18.4 Å². The van der Waals surface area contributed by atoms with Crippen molar-refractivity contribution in [2.45, 2.75) is 31.8 Å². The second-order valence-electron chi connectivity index (χ2n) is 7.10. The SMILES string of the molecule is COc1ccccc1-c1nnc(SCC(=O)Nc2c(C)cccc2C(C)C)n1C. The topological polar surface area (TPSA) is 69.0 Å². The lowest BCUT2D eigenvalue weighted by Crippen LogP contribution is -2.17. The Kier molecular flexibility index (Phi) is 6.59. The lowest BCUT2D eigenvalue weighted by Gasteiger charge is -2.16. The van der Waals surface area contributed by atoms with Gasteiger partial charge in [-0.05, 0) is 36.1 Å². The number of methoxy groups -OCH3 is 1. The molecule has 0 spiro atoms. The Bertz CT molecular complexity index is 1010. The van der Waals surface area contributed by atoms with Gasteiger partial charge in [0, 0.05) is 12.7 Å². The molecule has 1 amide bonds. The van der Waals surface area contributed by atoms with Gasteiger partial charge in [-0.3, -0.25) is 4.79 Å². The number of carbonyl (C=O) groups is 1. The quantitative estimate of drug-likeness (QED) is 0.574. The van der Waals surface area contributed by atoms with E-state index in [1.165, 1.54) is 11.8 Å². The Morgan fingerprint density at radius 3 is 2.66 bits per heavy atom. The fourth-order valence-electron chi connectivity index (χ4n) is 3.15. The van der Waals surface area contributed by atoms with Crippen LogP contribution in [0.4, 0.5) is 5.69 Å². The monoisotopic (exact) mass is 410 g/mol. The molecule has 1 aromatic heterocycles. The number of hydrogen-bond acceptors (Lipinski definition) is 5. The van der Waals surface area contributed by atoms with E-state index >= 15 is 0 Å². The van der Waals surface area contributed by atoms with E-state index in [-0.39, 0.29) is 11.7 Å². The maximum Gasteiger partial charge on any atom is 0.234 e. The zero-order valence-electron chi connectivity index (χ0n) is 17.4. The molecule has 0 saturated heterocycles. The third kappa shape index (κ3) is 4.62. The molecule has 1 heterocycles. The van der Waals surface area contributed by atoms with Gasteiger partial charge in [-0.15, -0.1) is 10.2 Å². The normalized spacial score (nSPS) is 11.0. The number of ether oxygens (including phenoxy) is 1. The smallest absolute Gasteiger partial charge is 0.234 e. The highest BCUT2D eigenvalue weighted by molar-refractivity contribution is 7.99. The highest BCUT2D eigenvalue weighted by Gasteiger charge is 2.17. The predicted molar refractivity (Wildman–Crippen MR) is 118 cm³/mol. The summed E-state index contributed by atoms with van der Waals surface area (Å²) in [4.78, 5) is 12.6. The van der Waals surface area contributed by atoms with Crippen LogP contribution in [0.5, 0.6) is 5.75 Å². The third-order valence-corrected chi connectivity index (χ3v) is 5.73. The largest absolute Gasteiger partial charge is 0.496 e. The van der Waals surface area contributed by atoms with Crippen LogP contribution in [-0.2, 0) is 11.8 Å². The lowest BCUT2D eigenvalue weighted by atomic mass is 9.98. The highest BCUT2D eigenvalue weighted by Crippen LogP contribution is 2.31. The maximum atomic E-state index is 12.6. The summed E-state index contributed by atoms with van der Waals surface area (Å²) in [6.45, 7) is 6.26. The molecule has 6 nitrogen and oxygen atoms in total. The summed E-state index contributed by atoms with van der Waals surface area (Å²) in [6.07, 6.45) is 0. The van der Waals surface area contributed by atoms with E-state index in [9.17, 15) is 4.79 Å². The van der Waals surface area contributed by atoms with E-state index in [1.807, 2.05) is 54.9 Å². The third-order valence-electron chi connectivity index (χ3n) is 4.71. The van der Waals surface area contributed by atoms with Gasteiger partial charge in [0.15, 0.2) is 11.0 Å². The molecule has 0 aliphatic rings. The Morgan fingerprint density at radius 2 is 1.93 bits per heavy atom. The van der Waals surface area contributed by atoms with Crippen LogP contribution in [0.25, 0.3) is 11.4 Å². The van der Waals surface area contributed by atoms with Gasteiger partial charge in [0.1, 0.15) is 5.75 Å². The van der Waals surface area contributed by atoms with Crippen molar-refractivity contribution in [2.24, 2.45) is 7.05 Å². The minimum absolute atomic E-state index is 0.0620. The van der Waals surface area contributed by atoms with Crippen LogP contribution < -0.4 is 10.1 Å². The van der Waals surface area contributed by atoms with Crippen LogP contribution in [0.1, 0.15) is 30.9 Å².